The summed E-state index contributed by atoms with van der Waals surface area (Å²) in [7, 11) is 0. The van der Waals surface area contributed by atoms with Gasteiger partial charge in [0, 0.05) is 6.54 Å². The van der Waals surface area contributed by atoms with Crippen LogP contribution in [0.25, 0.3) is 0 Å². The average molecular weight is 392 g/mol. The Kier molecular flexibility index (Phi) is 8.18. The van der Waals surface area contributed by atoms with Crippen LogP contribution >= 0.6 is 23.8 Å². The topological polar surface area (TPSA) is 54.9 Å². The van der Waals surface area contributed by atoms with E-state index in [1.165, 1.54) is 0 Å². The highest BCUT2D eigenvalue weighted by Gasteiger charge is 2.11. The fraction of sp³-hybridized carbons (Fsp3) is 0.263. The normalized spacial score (nSPS) is 10.6. The van der Waals surface area contributed by atoms with E-state index in [1.807, 2.05) is 50.2 Å². The lowest BCUT2D eigenvalue weighted by Crippen LogP contribution is -2.31. The molecular weight excluding hydrogens is 370 g/mol. The van der Waals surface area contributed by atoms with E-state index < -0.39 is 0 Å². The van der Waals surface area contributed by atoms with Gasteiger partial charge < -0.3 is 14.8 Å². The first-order valence-corrected chi connectivity index (χ1v) is 9.12. The predicted octanol–water partition coefficient (Wildman–Crippen LogP) is 4.14. The minimum atomic E-state index is 0.437. The zero-order valence-corrected chi connectivity index (χ0v) is 16.4. The Balaban J connectivity index is 1.95. The molecule has 2 rings (SSSR count). The van der Waals surface area contributed by atoms with Crippen molar-refractivity contribution >= 4 is 35.1 Å². The zero-order valence-electron chi connectivity index (χ0n) is 14.8. The lowest BCUT2D eigenvalue weighted by molar-refractivity contribution is 0.288. The van der Waals surface area contributed by atoms with Gasteiger partial charge in [-0.2, -0.15) is 5.10 Å². The van der Waals surface area contributed by atoms with Crippen LogP contribution in [0.2, 0.25) is 5.02 Å². The van der Waals surface area contributed by atoms with E-state index in [0.717, 1.165) is 11.1 Å². The maximum absolute atomic E-state index is 6.28. The number of halogens is 1. The molecule has 138 valence electrons. The summed E-state index contributed by atoms with van der Waals surface area (Å²) < 4.78 is 11.1. The molecule has 0 aliphatic rings. The standard InChI is InChI=1S/C19H22ClN3O2S/c1-3-24-17-11-15(10-16(20)18(17)25-4-2)13-22-23-19(26)21-12-14-8-6-5-7-9-14/h5-11,13H,3-4,12H2,1-2H3,(H2,21,23,26)/b22-13-. The number of hydrazone groups is 1. The predicted molar refractivity (Wildman–Crippen MR) is 110 cm³/mol. The summed E-state index contributed by atoms with van der Waals surface area (Å²) in [5.41, 5.74) is 4.70. The van der Waals surface area contributed by atoms with Crippen molar-refractivity contribution in [3.05, 3.63) is 58.6 Å². The molecule has 0 saturated carbocycles. The Morgan fingerprint density at radius 1 is 1.15 bits per heavy atom. The molecule has 0 aromatic heterocycles. The molecular formula is C19H22ClN3O2S. The molecule has 0 fully saturated rings. The summed E-state index contributed by atoms with van der Waals surface area (Å²) in [5, 5.41) is 8.14. The minimum Gasteiger partial charge on any atom is -0.490 e. The van der Waals surface area contributed by atoms with Crippen LogP contribution in [0.1, 0.15) is 25.0 Å². The third-order valence-corrected chi connectivity index (χ3v) is 3.81. The summed E-state index contributed by atoms with van der Waals surface area (Å²) in [5.74, 6) is 1.13. The summed E-state index contributed by atoms with van der Waals surface area (Å²) in [6.45, 7) is 5.46. The first-order chi connectivity index (χ1) is 12.6. The lowest BCUT2D eigenvalue weighted by atomic mass is 10.2. The third-order valence-electron chi connectivity index (χ3n) is 3.30. The number of thiocarbonyl (C=S) groups is 1. The molecule has 0 atom stereocenters. The van der Waals surface area contributed by atoms with Gasteiger partial charge in [0.2, 0.25) is 0 Å². The molecule has 0 aliphatic carbocycles. The molecule has 0 radical (unpaired) electrons. The van der Waals surface area contributed by atoms with Gasteiger partial charge in [0.1, 0.15) is 0 Å². The van der Waals surface area contributed by atoms with Crippen molar-refractivity contribution < 1.29 is 9.47 Å². The molecule has 2 N–H and O–H groups in total. The van der Waals surface area contributed by atoms with E-state index in [2.05, 4.69) is 15.8 Å². The molecule has 0 amide bonds. The van der Waals surface area contributed by atoms with Crippen LogP contribution < -0.4 is 20.2 Å². The summed E-state index contributed by atoms with van der Waals surface area (Å²) in [6.07, 6.45) is 1.63. The van der Waals surface area contributed by atoms with Crippen molar-refractivity contribution in [3.8, 4) is 11.5 Å². The van der Waals surface area contributed by atoms with Gasteiger partial charge in [0.05, 0.1) is 24.5 Å². The molecule has 0 aliphatic heterocycles. The number of hydrogen-bond donors (Lipinski definition) is 2. The van der Waals surface area contributed by atoms with Crippen molar-refractivity contribution in [1.82, 2.24) is 10.7 Å². The van der Waals surface area contributed by atoms with Crippen LogP contribution in [0, 0.1) is 0 Å². The number of benzene rings is 2. The number of ether oxygens (including phenoxy) is 2. The fourth-order valence-corrected chi connectivity index (χ4v) is 2.59. The van der Waals surface area contributed by atoms with Crippen molar-refractivity contribution in [2.45, 2.75) is 20.4 Å². The van der Waals surface area contributed by atoms with Gasteiger partial charge in [0.15, 0.2) is 16.6 Å². The van der Waals surface area contributed by atoms with Gasteiger partial charge in [-0.3, -0.25) is 5.43 Å². The summed E-state index contributed by atoms with van der Waals surface area (Å²) >= 11 is 11.5. The maximum atomic E-state index is 6.28. The van der Waals surface area contributed by atoms with Crippen LogP contribution in [0.3, 0.4) is 0 Å². The molecule has 0 unspecified atom stereocenters. The van der Waals surface area contributed by atoms with Crippen molar-refractivity contribution in [3.63, 3.8) is 0 Å². The number of nitrogens with one attached hydrogen (secondary N) is 2. The molecule has 2 aromatic rings. The molecule has 0 spiro atoms. The third kappa shape index (κ3) is 6.20. The molecule has 0 bridgehead atoms. The molecule has 26 heavy (non-hydrogen) atoms. The van der Waals surface area contributed by atoms with Crippen LogP contribution in [0.15, 0.2) is 47.6 Å². The second-order valence-corrected chi connectivity index (χ2v) is 6.05. The minimum absolute atomic E-state index is 0.437. The molecule has 0 saturated heterocycles. The second kappa shape index (κ2) is 10.6. The zero-order chi connectivity index (χ0) is 18.8. The monoisotopic (exact) mass is 391 g/mol. The second-order valence-electron chi connectivity index (χ2n) is 5.23. The first-order valence-electron chi connectivity index (χ1n) is 8.34. The Morgan fingerprint density at radius 2 is 1.88 bits per heavy atom. The van der Waals surface area contributed by atoms with E-state index in [1.54, 1.807) is 12.3 Å². The van der Waals surface area contributed by atoms with Crippen molar-refractivity contribution in [1.29, 1.82) is 0 Å². The SMILES string of the molecule is CCOc1cc(/C=N\NC(=S)NCc2ccccc2)cc(Cl)c1OCC. The van der Waals surface area contributed by atoms with Gasteiger partial charge in [-0.25, -0.2) is 0 Å². The molecule has 0 heterocycles. The van der Waals surface area contributed by atoms with Crippen LogP contribution in [0.5, 0.6) is 11.5 Å². The highest BCUT2D eigenvalue weighted by atomic mass is 35.5. The van der Waals surface area contributed by atoms with Gasteiger partial charge in [-0.1, -0.05) is 41.9 Å². The van der Waals surface area contributed by atoms with Gasteiger partial charge >= 0.3 is 0 Å². The Bertz CT molecular complexity index is 754. The average Bonchev–Trinajstić information content (AvgIpc) is 2.64. The summed E-state index contributed by atoms with van der Waals surface area (Å²) in [6, 6.07) is 13.6. The van der Waals surface area contributed by atoms with E-state index in [4.69, 9.17) is 33.3 Å². The summed E-state index contributed by atoms with van der Waals surface area (Å²) in [4.78, 5) is 0. The van der Waals surface area contributed by atoms with E-state index in [-0.39, 0.29) is 0 Å². The van der Waals surface area contributed by atoms with Crippen molar-refractivity contribution in [2.75, 3.05) is 13.2 Å². The van der Waals surface area contributed by atoms with E-state index >= 15 is 0 Å². The van der Waals surface area contributed by atoms with Gasteiger partial charge in [0.25, 0.3) is 0 Å². The molecule has 5 nitrogen and oxygen atoms in total. The van der Waals surface area contributed by atoms with Gasteiger partial charge in [-0.15, -0.1) is 0 Å². The van der Waals surface area contributed by atoms with Crippen LogP contribution in [-0.2, 0) is 6.54 Å². The van der Waals surface area contributed by atoms with Crippen LogP contribution in [0.4, 0.5) is 0 Å². The number of rotatable bonds is 8. The fourth-order valence-electron chi connectivity index (χ4n) is 2.19. The van der Waals surface area contributed by atoms with Crippen molar-refractivity contribution in [2.24, 2.45) is 5.10 Å². The largest absolute Gasteiger partial charge is 0.490 e. The van der Waals surface area contributed by atoms with Crippen LogP contribution in [-0.4, -0.2) is 24.5 Å². The highest BCUT2D eigenvalue weighted by molar-refractivity contribution is 7.80. The Labute approximate surface area is 164 Å². The van der Waals surface area contributed by atoms with E-state index in [9.17, 15) is 0 Å². The Morgan fingerprint density at radius 3 is 2.58 bits per heavy atom. The van der Waals surface area contributed by atoms with Gasteiger partial charge in [-0.05, 0) is 49.3 Å². The molecule has 2 aromatic carbocycles. The van der Waals surface area contributed by atoms with E-state index in [0.29, 0.717) is 41.4 Å². The highest BCUT2D eigenvalue weighted by Crippen LogP contribution is 2.36. The first kappa shape index (κ1) is 20.0. The molecule has 7 heteroatoms. The number of nitrogens with zero attached hydrogens (tertiary/aromatic N) is 1. The quantitative estimate of drug-likeness (QED) is 0.402. The smallest absolute Gasteiger partial charge is 0.187 e. The Hall–Kier alpha value is -2.31. The lowest BCUT2D eigenvalue weighted by Gasteiger charge is -2.13. The number of hydrogen-bond acceptors (Lipinski definition) is 4. The maximum Gasteiger partial charge on any atom is 0.187 e.